The number of rotatable bonds is 6. The molecule has 0 fully saturated rings. The maximum Gasteiger partial charge on any atom is 0.242 e. The van der Waals surface area contributed by atoms with Crippen molar-refractivity contribution in [1.82, 2.24) is 20.0 Å². The second-order valence-corrected chi connectivity index (χ2v) is 6.59. The van der Waals surface area contributed by atoms with Gasteiger partial charge >= 0.3 is 0 Å². The first-order chi connectivity index (χ1) is 11.3. The van der Waals surface area contributed by atoms with Crippen molar-refractivity contribution in [1.29, 1.82) is 0 Å². The molecule has 0 radical (unpaired) electrons. The van der Waals surface area contributed by atoms with E-state index in [0.29, 0.717) is 13.1 Å². The van der Waals surface area contributed by atoms with Crippen molar-refractivity contribution in [2.24, 2.45) is 0 Å². The zero-order chi connectivity index (χ0) is 17.9. The van der Waals surface area contributed by atoms with Crippen LogP contribution in [0.25, 0.3) is 0 Å². The molecule has 1 atom stereocenters. The van der Waals surface area contributed by atoms with Crippen LogP contribution in [-0.4, -0.2) is 41.2 Å². The predicted octanol–water partition coefficient (Wildman–Crippen LogP) is 2.54. The van der Waals surface area contributed by atoms with Gasteiger partial charge in [0, 0.05) is 12.2 Å². The Morgan fingerprint density at radius 3 is 2.50 bits per heavy atom. The number of likely N-dealkylation sites (N-methyl/N-ethyl adjacent to an activating group) is 1. The van der Waals surface area contributed by atoms with Crippen LogP contribution in [0.15, 0.2) is 24.3 Å². The molecule has 1 aromatic carbocycles. The van der Waals surface area contributed by atoms with Gasteiger partial charge in [0.15, 0.2) is 0 Å². The molecule has 0 aliphatic carbocycles. The molecule has 0 bridgehead atoms. The highest BCUT2D eigenvalue weighted by atomic mass is 16.2. The third-order valence-electron chi connectivity index (χ3n) is 4.49. The molecule has 0 unspecified atom stereocenters. The number of hydrogen-bond acceptors (Lipinski definition) is 3. The standard InChI is InChI=1S/C19H28N4O/c1-13-8-7-9-17(12-13)18(22(5)6)19(24)20-10-11-23-16(4)14(2)15(3)21-23/h7-9,12,18H,10-11H2,1-6H3,(H,20,24)/t18-/m0/s1. The summed E-state index contributed by atoms with van der Waals surface area (Å²) in [6.07, 6.45) is 0. The molecule has 5 nitrogen and oxygen atoms in total. The van der Waals surface area contributed by atoms with E-state index in [0.717, 1.165) is 22.5 Å². The number of hydrogen-bond donors (Lipinski definition) is 1. The molecule has 0 saturated heterocycles. The smallest absolute Gasteiger partial charge is 0.242 e. The fourth-order valence-electron chi connectivity index (χ4n) is 2.91. The van der Waals surface area contributed by atoms with Gasteiger partial charge in [-0.3, -0.25) is 14.4 Å². The summed E-state index contributed by atoms with van der Waals surface area (Å²) in [6.45, 7) is 9.44. The number of benzene rings is 1. The van der Waals surface area contributed by atoms with E-state index in [9.17, 15) is 4.79 Å². The van der Waals surface area contributed by atoms with Crippen LogP contribution in [0.3, 0.4) is 0 Å². The maximum atomic E-state index is 12.7. The topological polar surface area (TPSA) is 50.2 Å². The molecule has 0 spiro atoms. The molecule has 0 aliphatic heterocycles. The van der Waals surface area contributed by atoms with Gasteiger partial charge in [-0.15, -0.1) is 0 Å². The van der Waals surface area contributed by atoms with Gasteiger partial charge in [0.1, 0.15) is 6.04 Å². The number of amides is 1. The van der Waals surface area contributed by atoms with Crippen molar-refractivity contribution in [2.45, 2.75) is 40.3 Å². The van der Waals surface area contributed by atoms with E-state index in [1.165, 1.54) is 5.56 Å². The summed E-state index contributed by atoms with van der Waals surface area (Å²) in [4.78, 5) is 14.6. The Labute approximate surface area is 144 Å². The molecular formula is C19H28N4O. The molecule has 2 aromatic rings. The van der Waals surface area contributed by atoms with Crippen LogP contribution >= 0.6 is 0 Å². The average Bonchev–Trinajstić information content (AvgIpc) is 2.74. The Bertz CT molecular complexity index is 718. The highest BCUT2D eigenvalue weighted by Crippen LogP contribution is 2.19. The van der Waals surface area contributed by atoms with Crippen LogP contribution in [0, 0.1) is 27.7 Å². The van der Waals surface area contributed by atoms with Crippen LogP contribution in [0.5, 0.6) is 0 Å². The quantitative estimate of drug-likeness (QED) is 0.886. The highest BCUT2D eigenvalue weighted by Gasteiger charge is 2.22. The van der Waals surface area contributed by atoms with E-state index in [-0.39, 0.29) is 11.9 Å². The van der Waals surface area contributed by atoms with Crippen molar-refractivity contribution in [3.05, 3.63) is 52.3 Å². The Morgan fingerprint density at radius 1 is 1.25 bits per heavy atom. The Hall–Kier alpha value is -2.14. The molecule has 0 saturated carbocycles. The van der Waals surface area contributed by atoms with Gasteiger partial charge in [-0.1, -0.05) is 29.8 Å². The molecule has 1 N–H and O–H groups in total. The number of aryl methyl sites for hydroxylation is 2. The van der Waals surface area contributed by atoms with Crippen molar-refractivity contribution >= 4 is 5.91 Å². The van der Waals surface area contributed by atoms with Gasteiger partial charge in [0.05, 0.1) is 12.2 Å². The molecular weight excluding hydrogens is 300 g/mol. The molecule has 1 amide bonds. The SMILES string of the molecule is Cc1cccc([C@@H](C(=O)NCCn2nc(C)c(C)c2C)N(C)C)c1. The lowest BCUT2D eigenvalue weighted by Gasteiger charge is -2.24. The van der Waals surface area contributed by atoms with Crippen molar-refractivity contribution in [2.75, 3.05) is 20.6 Å². The zero-order valence-electron chi connectivity index (χ0n) is 15.6. The van der Waals surface area contributed by atoms with E-state index in [1.807, 2.05) is 55.7 Å². The first kappa shape index (κ1) is 18.2. The van der Waals surface area contributed by atoms with Crippen molar-refractivity contribution in [3.8, 4) is 0 Å². The fraction of sp³-hybridized carbons (Fsp3) is 0.474. The summed E-state index contributed by atoms with van der Waals surface area (Å²) in [5, 5.41) is 7.56. The summed E-state index contributed by atoms with van der Waals surface area (Å²) in [7, 11) is 3.86. The summed E-state index contributed by atoms with van der Waals surface area (Å²) in [5.41, 5.74) is 5.59. The summed E-state index contributed by atoms with van der Waals surface area (Å²) in [6, 6.07) is 7.81. The third-order valence-corrected chi connectivity index (χ3v) is 4.49. The number of aromatic nitrogens is 2. The molecule has 24 heavy (non-hydrogen) atoms. The van der Waals surface area contributed by atoms with Gasteiger partial charge in [0.2, 0.25) is 5.91 Å². The van der Waals surface area contributed by atoms with E-state index < -0.39 is 0 Å². The lowest BCUT2D eigenvalue weighted by Crippen LogP contribution is -2.38. The first-order valence-corrected chi connectivity index (χ1v) is 8.32. The summed E-state index contributed by atoms with van der Waals surface area (Å²) >= 11 is 0. The number of carbonyl (C=O) groups is 1. The molecule has 2 rings (SSSR count). The van der Waals surface area contributed by atoms with Crippen LogP contribution in [0.1, 0.15) is 34.1 Å². The lowest BCUT2D eigenvalue weighted by atomic mass is 10.0. The Kier molecular flexibility index (Phi) is 5.78. The maximum absolute atomic E-state index is 12.7. The summed E-state index contributed by atoms with van der Waals surface area (Å²) in [5.74, 6) is 0.0175. The van der Waals surface area contributed by atoms with E-state index in [4.69, 9.17) is 0 Å². The number of carbonyl (C=O) groups excluding carboxylic acids is 1. The van der Waals surface area contributed by atoms with Crippen LogP contribution in [0.2, 0.25) is 0 Å². The fourth-order valence-corrected chi connectivity index (χ4v) is 2.91. The van der Waals surface area contributed by atoms with Gasteiger partial charge in [-0.25, -0.2) is 0 Å². The van der Waals surface area contributed by atoms with Crippen molar-refractivity contribution in [3.63, 3.8) is 0 Å². The minimum absolute atomic E-state index is 0.0175. The Morgan fingerprint density at radius 2 is 1.96 bits per heavy atom. The molecule has 5 heteroatoms. The second kappa shape index (κ2) is 7.62. The predicted molar refractivity (Wildman–Crippen MR) is 97.1 cm³/mol. The van der Waals surface area contributed by atoms with Gasteiger partial charge in [-0.05, 0) is 52.9 Å². The average molecular weight is 328 g/mol. The lowest BCUT2D eigenvalue weighted by molar-refractivity contribution is -0.125. The van der Waals surface area contributed by atoms with E-state index in [2.05, 4.69) is 30.3 Å². The highest BCUT2D eigenvalue weighted by molar-refractivity contribution is 5.83. The molecule has 1 aromatic heterocycles. The monoisotopic (exact) mass is 328 g/mol. The van der Waals surface area contributed by atoms with Gasteiger partial charge in [0.25, 0.3) is 0 Å². The largest absolute Gasteiger partial charge is 0.353 e. The van der Waals surface area contributed by atoms with E-state index >= 15 is 0 Å². The van der Waals surface area contributed by atoms with Crippen LogP contribution in [0.4, 0.5) is 0 Å². The number of nitrogens with one attached hydrogen (secondary N) is 1. The van der Waals surface area contributed by atoms with Crippen LogP contribution in [-0.2, 0) is 11.3 Å². The molecule has 130 valence electrons. The molecule has 0 aliphatic rings. The number of nitrogens with zero attached hydrogens (tertiary/aromatic N) is 3. The minimum Gasteiger partial charge on any atom is -0.353 e. The minimum atomic E-state index is -0.285. The zero-order valence-corrected chi connectivity index (χ0v) is 15.6. The normalized spacial score (nSPS) is 12.5. The third kappa shape index (κ3) is 4.03. The second-order valence-electron chi connectivity index (χ2n) is 6.59. The van der Waals surface area contributed by atoms with Gasteiger partial charge < -0.3 is 5.32 Å². The van der Waals surface area contributed by atoms with Crippen LogP contribution < -0.4 is 5.32 Å². The first-order valence-electron chi connectivity index (χ1n) is 8.32. The van der Waals surface area contributed by atoms with Crippen molar-refractivity contribution < 1.29 is 4.79 Å². The Balaban J connectivity index is 2.02. The molecule has 1 heterocycles. The van der Waals surface area contributed by atoms with E-state index in [1.54, 1.807) is 0 Å². The summed E-state index contributed by atoms with van der Waals surface area (Å²) < 4.78 is 1.96. The van der Waals surface area contributed by atoms with Gasteiger partial charge in [-0.2, -0.15) is 5.10 Å².